The number of hydrogen-bond donors (Lipinski definition) is 0. The summed E-state index contributed by atoms with van der Waals surface area (Å²) in [5.74, 6) is 0.236. The summed E-state index contributed by atoms with van der Waals surface area (Å²) in [6.07, 6.45) is 1.47. The summed E-state index contributed by atoms with van der Waals surface area (Å²) in [4.78, 5) is 25.0. The highest BCUT2D eigenvalue weighted by atomic mass is 35.5. The molecule has 1 aliphatic rings. The number of fused-ring (bicyclic) bond motifs is 1. The van der Waals surface area contributed by atoms with E-state index in [-0.39, 0.29) is 11.7 Å². The molecular formula is C19H15Cl2FN4O. The Morgan fingerprint density at radius 1 is 0.963 bits per heavy atom. The van der Waals surface area contributed by atoms with Crippen LogP contribution < -0.4 is 4.90 Å². The van der Waals surface area contributed by atoms with Crippen LogP contribution in [0.5, 0.6) is 0 Å². The first-order chi connectivity index (χ1) is 13.0. The van der Waals surface area contributed by atoms with Crippen molar-refractivity contribution in [1.29, 1.82) is 0 Å². The third kappa shape index (κ3) is 3.68. The molecule has 0 bridgehead atoms. The molecule has 0 N–H and O–H groups in total. The topological polar surface area (TPSA) is 49.3 Å². The minimum atomic E-state index is -0.329. The van der Waals surface area contributed by atoms with E-state index in [9.17, 15) is 9.18 Å². The van der Waals surface area contributed by atoms with Crippen molar-refractivity contribution >= 4 is 45.8 Å². The van der Waals surface area contributed by atoms with Gasteiger partial charge in [0.1, 0.15) is 18.0 Å². The second-order valence-corrected chi connectivity index (χ2v) is 7.17. The minimum absolute atomic E-state index is 0.113. The van der Waals surface area contributed by atoms with Gasteiger partial charge in [-0.25, -0.2) is 14.4 Å². The molecule has 2 heterocycles. The first-order valence-electron chi connectivity index (χ1n) is 8.42. The molecule has 27 heavy (non-hydrogen) atoms. The maximum absolute atomic E-state index is 13.7. The first kappa shape index (κ1) is 17.9. The monoisotopic (exact) mass is 404 g/mol. The van der Waals surface area contributed by atoms with Gasteiger partial charge in [-0.1, -0.05) is 23.2 Å². The molecule has 0 aliphatic carbocycles. The predicted molar refractivity (Wildman–Crippen MR) is 104 cm³/mol. The Hall–Kier alpha value is -2.44. The molecule has 1 saturated heterocycles. The van der Waals surface area contributed by atoms with Crippen molar-refractivity contribution in [3.8, 4) is 0 Å². The summed E-state index contributed by atoms with van der Waals surface area (Å²) >= 11 is 12.0. The Labute approximate surface area is 165 Å². The number of rotatable bonds is 2. The smallest absolute Gasteiger partial charge is 0.254 e. The molecule has 8 heteroatoms. The van der Waals surface area contributed by atoms with Gasteiger partial charge in [0.15, 0.2) is 0 Å². The van der Waals surface area contributed by atoms with Crippen LogP contribution in [0.3, 0.4) is 0 Å². The van der Waals surface area contributed by atoms with E-state index in [1.165, 1.54) is 18.5 Å². The van der Waals surface area contributed by atoms with Crippen LogP contribution in [0.1, 0.15) is 10.4 Å². The van der Waals surface area contributed by atoms with Gasteiger partial charge in [0.2, 0.25) is 0 Å². The van der Waals surface area contributed by atoms with Gasteiger partial charge in [-0.15, -0.1) is 0 Å². The fourth-order valence-electron chi connectivity index (χ4n) is 3.25. The van der Waals surface area contributed by atoms with E-state index < -0.39 is 0 Å². The number of carbonyl (C=O) groups excluding carboxylic acids is 1. The highest BCUT2D eigenvalue weighted by molar-refractivity contribution is 6.35. The molecule has 1 amide bonds. The summed E-state index contributed by atoms with van der Waals surface area (Å²) in [6.45, 7) is 2.21. The predicted octanol–water partition coefficient (Wildman–Crippen LogP) is 4.04. The van der Waals surface area contributed by atoms with E-state index in [0.29, 0.717) is 58.5 Å². The summed E-state index contributed by atoms with van der Waals surface area (Å²) in [5.41, 5.74) is 1.16. The Morgan fingerprint density at radius 2 is 1.67 bits per heavy atom. The van der Waals surface area contributed by atoms with Gasteiger partial charge in [0.25, 0.3) is 5.91 Å². The van der Waals surface area contributed by atoms with Gasteiger partial charge >= 0.3 is 0 Å². The number of carbonyl (C=O) groups is 1. The number of halogens is 3. The molecule has 5 nitrogen and oxygen atoms in total. The number of anilines is 1. The molecule has 138 valence electrons. The quantitative estimate of drug-likeness (QED) is 0.646. The fraction of sp³-hybridized carbons (Fsp3) is 0.211. The lowest BCUT2D eigenvalue weighted by Crippen LogP contribution is -2.49. The van der Waals surface area contributed by atoms with E-state index >= 15 is 0 Å². The van der Waals surface area contributed by atoms with Crippen LogP contribution >= 0.6 is 23.2 Å². The lowest BCUT2D eigenvalue weighted by atomic mass is 10.1. The Kier molecular flexibility index (Phi) is 4.85. The van der Waals surface area contributed by atoms with Crippen molar-refractivity contribution in [3.63, 3.8) is 0 Å². The molecule has 1 aliphatic heterocycles. The standard InChI is InChI=1S/C19H15Cl2FN4O/c20-13-7-12(8-14(21)9-13)19(27)26-5-3-25(4-6-26)18-16-10-15(22)1-2-17(16)23-11-24-18/h1-2,7-11H,3-6H2. The van der Waals surface area contributed by atoms with Gasteiger partial charge in [0.05, 0.1) is 5.52 Å². The summed E-state index contributed by atoms with van der Waals surface area (Å²) < 4.78 is 13.7. The SMILES string of the molecule is O=C(c1cc(Cl)cc(Cl)c1)N1CCN(c2ncnc3ccc(F)cc23)CC1. The third-order valence-electron chi connectivity index (χ3n) is 4.55. The Balaban J connectivity index is 1.52. The van der Waals surface area contributed by atoms with Gasteiger partial charge in [0, 0.05) is 47.2 Å². The Morgan fingerprint density at radius 3 is 2.37 bits per heavy atom. The lowest BCUT2D eigenvalue weighted by molar-refractivity contribution is 0.0746. The van der Waals surface area contributed by atoms with Crippen molar-refractivity contribution in [1.82, 2.24) is 14.9 Å². The van der Waals surface area contributed by atoms with Crippen LogP contribution in [0.4, 0.5) is 10.2 Å². The third-order valence-corrected chi connectivity index (χ3v) is 4.99. The van der Waals surface area contributed by atoms with Crippen molar-refractivity contribution < 1.29 is 9.18 Å². The molecule has 1 aromatic heterocycles. The molecule has 2 aromatic carbocycles. The van der Waals surface area contributed by atoms with Gasteiger partial charge in [-0.05, 0) is 36.4 Å². The molecular weight excluding hydrogens is 390 g/mol. The van der Waals surface area contributed by atoms with E-state index in [1.807, 2.05) is 4.90 Å². The number of amides is 1. The van der Waals surface area contributed by atoms with Crippen LogP contribution in [0.15, 0.2) is 42.7 Å². The maximum Gasteiger partial charge on any atom is 0.254 e. The average Bonchev–Trinajstić information content (AvgIpc) is 2.66. The molecule has 0 atom stereocenters. The average molecular weight is 405 g/mol. The molecule has 3 aromatic rings. The second kappa shape index (κ2) is 7.29. The number of hydrogen-bond acceptors (Lipinski definition) is 4. The number of piperazine rings is 1. The van der Waals surface area contributed by atoms with Gasteiger partial charge in [-0.2, -0.15) is 0 Å². The fourth-order valence-corrected chi connectivity index (χ4v) is 3.77. The lowest BCUT2D eigenvalue weighted by Gasteiger charge is -2.35. The van der Waals surface area contributed by atoms with Gasteiger partial charge in [-0.3, -0.25) is 4.79 Å². The molecule has 0 spiro atoms. The van der Waals surface area contributed by atoms with Crippen LogP contribution in [0.25, 0.3) is 10.9 Å². The zero-order chi connectivity index (χ0) is 19.0. The Bertz CT molecular complexity index is 1000. The first-order valence-corrected chi connectivity index (χ1v) is 9.17. The highest BCUT2D eigenvalue weighted by Crippen LogP contribution is 2.25. The summed E-state index contributed by atoms with van der Waals surface area (Å²) in [5, 5.41) is 1.52. The molecule has 0 radical (unpaired) electrons. The maximum atomic E-state index is 13.7. The van der Waals surface area contributed by atoms with E-state index in [2.05, 4.69) is 9.97 Å². The zero-order valence-corrected chi connectivity index (χ0v) is 15.7. The summed E-state index contributed by atoms with van der Waals surface area (Å²) in [7, 11) is 0. The normalized spacial score (nSPS) is 14.6. The minimum Gasteiger partial charge on any atom is -0.352 e. The van der Waals surface area contributed by atoms with Gasteiger partial charge < -0.3 is 9.80 Å². The van der Waals surface area contributed by atoms with Crippen molar-refractivity contribution in [3.05, 3.63) is 64.2 Å². The van der Waals surface area contributed by atoms with E-state index in [4.69, 9.17) is 23.2 Å². The zero-order valence-electron chi connectivity index (χ0n) is 14.2. The number of benzene rings is 2. The van der Waals surface area contributed by atoms with Crippen LogP contribution in [-0.4, -0.2) is 47.0 Å². The van der Waals surface area contributed by atoms with Crippen LogP contribution in [-0.2, 0) is 0 Å². The molecule has 4 rings (SSSR count). The van der Waals surface area contributed by atoms with E-state index in [1.54, 1.807) is 29.2 Å². The van der Waals surface area contributed by atoms with Crippen molar-refractivity contribution in [2.24, 2.45) is 0 Å². The highest BCUT2D eigenvalue weighted by Gasteiger charge is 2.24. The summed E-state index contributed by atoms with van der Waals surface area (Å²) in [6, 6.07) is 9.28. The van der Waals surface area contributed by atoms with Crippen molar-refractivity contribution in [2.75, 3.05) is 31.1 Å². The van der Waals surface area contributed by atoms with Crippen LogP contribution in [0.2, 0.25) is 10.0 Å². The van der Waals surface area contributed by atoms with Crippen LogP contribution in [0, 0.1) is 5.82 Å². The molecule has 0 unspecified atom stereocenters. The van der Waals surface area contributed by atoms with Crippen molar-refractivity contribution in [2.45, 2.75) is 0 Å². The molecule has 0 saturated carbocycles. The van der Waals surface area contributed by atoms with E-state index in [0.717, 1.165) is 0 Å². The number of nitrogens with zero attached hydrogens (tertiary/aromatic N) is 4. The number of aromatic nitrogens is 2. The molecule has 1 fully saturated rings. The second-order valence-electron chi connectivity index (χ2n) is 6.30. The largest absolute Gasteiger partial charge is 0.352 e.